The fraction of sp³-hybridized carbons (Fsp3) is 0.148. The number of nitro groups is 1. The molecule has 3 aromatic carbocycles. The topological polar surface area (TPSA) is 258 Å². The molecule has 4 rings (SSSR count). The molecular weight excluding hydrogens is 646 g/mol. The number of hydrogen-bond donors (Lipinski definition) is 6. The zero-order valence-corrected chi connectivity index (χ0v) is 25.6. The molecule has 17 nitrogen and oxygen atoms in total. The van der Waals surface area contributed by atoms with E-state index in [4.69, 9.17) is 0 Å². The number of aromatic nitrogens is 3. The van der Waals surface area contributed by atoms with E-state index in [1.54, 1.807) is 30.3 Å². The Morgan fingerprint density at radius 3 is 1.76 bits per heavy atom. The Morgan fingerprint density at radius 1 is 0.761 bits per heavy atom. The second kappa shape index (κ2) is 13.5. The number of aliphatic hydroxyl groups is 2. The molecule has 0 aliphatic carbocycles. The Kier molecular flexibility index (Phi) is 9.95. The molecule has 6 N–H and O–H groups in total. The first-order valence-corrected chi connectivity index (χ1v) is 16.0. The van der Waals surface area contributed by atoms with Crippen molar-refractivity contribution in [2.45, 2.75) is 36.1 Å². The molecule has 0 spiro atoms. The van der Waals surface area contributed by atoms with Crippen LogP contribution in [-0.4, -0.2) is 68.5 Å². The Labute approximate surface area is 262 Å². The lowest BCUT2D eigenvalue weighted by Crippen LogP contribution is -2.41. The molecule has 0 aliphatic heterocycles. The highest BCUT2D eigenvalue weighted by Crippen LogP contribution is 2.28. The molecule has 0 bridgehead atoms. The lowest BCUT2D eigenvalue weighted by molar-refractivity contribution is -0.385. The summed E-state index contributed by atoms with van der Waals surface area (Å²) in [4.78, 5) is 22.7. The quantitative estimate of drug-likeness (QED) is 0.0414. The van der Waals surface area contributed by atoms with Crippen LogP contribution in [0.2, 0.25) is 0 Å². The molecule has 1 heterocycles. The van der Waals surface area contributed by atoms with Crippen molar-refractivity contribution >= 4 is 67.3 Å². The van der Waals surface area contributed by atoms with Gasteiger partial charge in [-0.3, -0.25) is 24.1 Å². The predicted molar refractivity (Wildman–Crippen MR) is 167 cm³/mol. The van der Waals surface area contributed by atoms with Gasteiger partial charge in [-0.25, -0.2) is 0 Å². The second-order valence-corrected chi connectivity index (χ2v) is 12.4. The summed E-state index contributed by atoms with van der Waals surface area (Å²) in [6.45, 7) is 2.77. The summed E-state index contributed by atoms with van der Waals surface area (Å²) in [5.74, 6) is -0.298. The molecular formula is C27H27N7O10S2. The predicted octanol–water partition coefficient (Wildman–Crippen LogP) is 3.41. The molecule has 0 fully saturated rings. The van der Waals surface area contributed by atoms with Gasteiger partial charge in [0.05, 0.1) is 4.92 Å². The average molecular weight is 674 g/mol. The molecule has 0 saturated heterocycles. The van der Waals surface area contributed by atoms with Gasteiger partial charge in [0.15, 0.2) is 0 Å². The van der Waals surface area contributed by atoms with Crippen LogP contribution in [0.25, 0.3) is 12.2 Å². The van der Waals surface area contributed by atoms with Crippen molar-refractivity contribution in [1.29, 1.82) is 0 Å². The van der Waals surface area contributed by atoms with Crippen molar-refractivity contribution in [3.63, 3.8) is 0 Å². The maximum absolute atomic E-state index is 12.3. The number of para-hydroxylation sites is 1. The maximum atomic E-state index is 12.3. The standard InChI is InChI=1S/C27H27N7O10S2/c1-16(35)33(17(2)36)27-31-25(28-20-6-4-3-5-7-20)30-26(32-27)29-21-12-10-18(23(14-21)45(39,40)41)8-9-19-11-13-22(34(37)38)15-24(19)46(42,43)44/h3-17,35-36H,1-2H3,(H,39,40,41)(H,42,43,44)(H2,28,29,30,31,32). The molecule has 4 aromatic rings. The minimum absolute atomic E-state index is 0.00251. The van der Waals surface area contributed by atoms with Crippen LogP contribution < -0.4 is 15.5 Å². The summed E-state index contributed by atoms with van der Waals surface area (Å²) in [6, 6.07) is 15.1. The summed E-state index contributed by atoms with van der Waals surface area (Å²) in [5, 5.41) is 37.3. The van der Waals surface area contributed by atoms with E-state index < -0.39 is 53.1 Å². The summed E-state index contributed by atoms with van der Waals surface area (Å²) < 4.78 is 67.9. The van der Waals surface area contributed by atoms with Gasteiger partial charge in [-0.1, -0.05) is 36.4 Å². The molecule has 1 aromatic heterocycles. The van der Waals surface area contributed by atoms with Gasteiger partial charge in [-0.15, -0.1) is 0 Å². The van der Waals surface area contributed by atoms with Crippen molar-refractivity contribution in [2.24, 2.45) is 0 Å². The van der Waals surface area contributed by atoms with Gasteiger partial charge < -0.3 is 20.8 Å². The minimum Gasteiger partial charge on any atom is -0.374 e. The smallest absolute Gasteiger partial charge is 0.295 e. The van der Waals surface area contributed by atoms with Crippen LogP contribution >= 0.6 is 0 Å². The van der Waals surface area contributed by atoms with Gasteiger partial charge >= 0.3 is 0 Å². The van der Waals surface area contributed by atoms with E-state index in [9.17, 15) is 46.3 Å². The van der Waals surface area contributed by atoms with Crippen LogP contribution in [0, 0.1) is 10.1 Å². The van der Waals surface area contributed by atoms with E-state index in [-0.39, 0.29) is 34.7 Å². The van der Waals surface area contributed by atoms with Gasteiger partial charge in [0.1, 0.15) is 22.2 Å². The number of nitro benzene ring substituents is 1. The van der Waals surface area contributed by atoms with E-state index in [1.165, 1.54) is 26.0 Å². The Bertz CT molecular complexity index is 2000. The van der Waals surface area contributed by atoms with Gasteiger partial charge in [0.2, 0.25) is 17.8 Å². The van der Waals surface area contributed by atoms with Gasteiger partial charge in [0.25, 0.3) is 25.9 Å². The molecule has 0 radical (unpaired) electrons. The largest absolute Gasteiger partial charge is 0.374 e. The first kappa shape index (κ1) is 33.8. The third-order valence-corrected chi connectivity index (χ3v) is 7.98. The summed E-state index contributed by atoms with van der Waals surface area (Å²) >= 11 is 0. The van der Waals surface area contributed by atoms with E-state index in [2.05, 4.69) is 25.6 Å². The third kappa shape index (κ3) is 8.35. The number of aliphatic hydroxyl groups excluding tert-OH is 2. The van der Waals surface area contributed by atoms with Gasteiger partial charge in [-0.05, 0) is 55.3 Å². The van der Waals surface area contributed by atoms with Crippen LogP contribution in [0.15, 0.2) is 76.5 Å². The van der Waals surface area contributed by atoms with Gasteiger partial charge in [-0.2, -0.15) is 31.8 Å². The first-order valence-electron chi connectivity index (χ1n) is 13.1. The summed E-state index contributed by atoms with van der Waals surface area (Å²) in [6.07, 6.45) is -0.248. The average Bonchev–Trinajstić information content (AvgIpc) is 2.95. The highest BCUT2D eigenvalue weighted by Gasteiger charge is 2.23. The van der Waals surface area contributed by atoms with Crippen molar-refractivity contribution in [3.05, 3.63) is 88.0 Å². The Hall–Kier alpha value is -5.05. The molecule has 0 amide bonds. The maximum Gasteiger partial charge on any atom is 0.295 e. The summed E-state index contributed by atoms with van der Waals surface area (Å²) in [5.41, 5.74) is -0.269. The normalized spacial score (nSPS) is 13.3. The van der Waals surface area contributed by atoms with Crippen LogP contribution in [0.3, 0.4) is 0 Å². The molecule has 2 atom stereocenters. The SMILES string of the molecule is CC(O)N(c1nc(Nc2ccccc2)nc(Nc2ccc(C=Cc3ccc([N+](=O)[O-])cc3S(=O)(=O)O)c(S(=O)(=O)O)c2)n1)C(C)O. The monoisotopic (exact) mass is 673 g/mol. The molecule has 19 heteroatoms. The second-order valence-electron chi connectivity index (χ2n) is 9.58. The molecule has 46 heavy (non-hydrogen) atoms. The highest BCUT2D eigenvalue weighted by molar-refractivity contribution is 7.86. The molecule has 2 unspecified atom stereocenters. The highest BCUT2D eigenvalue weighted by atomic mass is 32.2. The number of non-ortho nitro benzene ring substituents is 1. The number of rotatable bonds is 12. The Balaban J connectivity index is 1.75. The lowest BCUT2D eigenvalue weighted by Gasteiger charge is -2.28. The minimum atomic E-state index is -4.91. The zero-order valence-electron chi connectivity index (χ0n) is 24.0. The van der Waals surface area contributed by atoms with E-state index in [0.29, 0.717) is 11.8 Å². The van der Waals surface area contributed by atoms with Crippen molar-refractivity contribution < 1.29 is 41.1 Å². The molecule has 0 aliphatic rings. The number of hydrogen-bond acceptors (Lipinski definition) is 14. The number of benzene rings is 3. The Morgan fingerprint density at radius 2 is 1.26 bits per heavy atom. The number of nitrogens with one attached hydrogen (secondary N) is 2. The lowest BCUT2D eigenvalue weighted by atomic mass is 10.1. The first-order chi connectivity index (χ1) is 21.5. The summed E-state index contributed by atoms with van der Waals surface area (Å²) in [7, 11) is -9.80. The van der Waals surface area contributed by atoms with Crippen molar-refractivity contribution in [2.75, 3.05) is 15.5 Å². The van der Waals surface area contributed by atoms with Crippen LogP contribution in [0.4, 0.5) is 34.9 Å². The van der Waals surface area contributed by atoms with Gasteiger partial charge in [0, 0.05) is 23.5 Å². The third-order valence-electron chi connectivity index (χ3n) is 6.17. The van der Waals surface area contributed by atoms with E-state index in [0.717, 1.165) is 35.3 Å². The van der Waals surface area contributed by atoms with Crippen molar-refractivity contribution in [3.8, 4) is 0 Å². The van der Waals surface area contributed by atoms with Crippen LogP contribution in [0.1, 0.15) is 25.0 Å². The van der Waals surface area contributed by atoms with E-state index >= 15 is 0 Å². The van der Waals surface area contributed by atoms with Crippen molar-refractivity contribution in [1.82, 2.24) is 15.0 Å². The van der Waals surface area contributed by atoms with E-state index in [1.807, 2.05) is 0 Å². The fourth-order valence-electron chi connectivity index (χ4n) is 4.17. The number of anilines is 5. The molecule has 242 valence electrons. The molecule has 0 saturated carbocycles. The van der Waals surface area contributed by atoms with Crippen LogP contribution in [-0.2, 0) is 20.2 Å². The van der Waals surface area contributed by atoms with Crippen LogP contribution in [0.5, 0.6) is 0 Å². The number of nitrogens with zero attached hydrogens (tertiary/aromatic N) is 5. The fourth-order valence-corrected chi connectivity index (χ4v) is 5.58. The zero-order chi connectivity index (χ0) is 33.8.